The highest BCUT2D eigenvalue weighted by Gasteiger charge is 2.33. The number of carbonyl (C=O) groups is 2. The Hall–Kier alpha value is -3.36. The average molecular weight is 542 g/mol. The van der Waals surface area contributed by atoms with Gasteiger partial charge in [-0.25, -0.2) is 8.42 Å². The maximum absolute atomic E-state index is 13.9. The number of rotatable bonds is 11. The molecule has 0 unspecified atom stereocenters. The van der Waals surface area contributed by atoms with Crippen molar-refractivity contribution in [3.05, 3.63) is 95.0 Å². The lowest BCUT2D eigenvalue weighted by Crippen LogP contribution is -2.51. The van der Waals surface area contributed by atoms with E-state index >= 15 is 0 Å². The lowest BCUT2D eigenvalue weighted by Gasteiger charge is -2.33. The van der Waals surface area contributed by atoms with E-state index < -0.39 is 28.5 Å². The summed E-state index contributed by atoms with van der Waals surface area (Å²) in [6, 6.07) is 21.4. The Balaban J connectivity index is 2.08. The number of benzene rings is 3. The van der Waals surface area contributed by atoms with E-state index in [9.17, 15) is 18.0 Å². The fourth-order valence-electron chi connectivity index (χ4n) is 4.16. The number of para-hydroxylation sites is 1. The maximum Gasteiger partial charge on any atom is 0.264 e. The van der Waals surface area contributed by atoms with Gasteiger partial charge in [-0.05, 0) is 54.3 Å². The summed E-state index contributed by atoms with van der Waals surface area (Å²) in [4.78, 5) is 28.2. The van der Waals surface area contributed by atoms with E-state index in [1.807, 2.05) is 26.0 Å². The van der Waals surface area contributed by atoms with Gasteiger partial charge in [0.1, 0.15) is 12.6 Å². The van der Waals surface area contributed by atoms with Crippen molar-refractivity contribution in [2.24, 2.45) is 0 Å². The molecule has 0 aliphatic rings. The van der Waals surface area contributed by atoms with Crippen LogP contribution in [0.3, 0.4) is 0 Å². The quantitative estimate of drug-likeness (QED) is 0.383. The number of sulfonamides is 1. The van der Waals surface area contributed by atoms with Gasteiger partial charge >= 0.3 is 0 Å². The molecule has 9 heteroatoms. The summed E-state index contributed by atoms with van der Waals surface area (Å²) in [5, 5.41) is 3.17. The lowest BCUT2D eigenvalue weighted by atomic mass is 10.1. The number of aryl methyl sites for hydroxylation is 1. The van der Waals surface area contributed by atoms with Gasteiger partial charge in [0.2, 0.25) is 11.8 Å². The predicted octanol–water partition coefficient (Wildman–Crippen LogP) is 4.65. The number of halogens is 1. The third-order valence-electron chi connectivity index (χ3n) is 6.15. The monoisotopic (exact) mass is 541 g/mol. The van der Waals surface area contributed by atoms with Crippen LogP contribution in [0.5, 0.6) is 0 Å². The second-order valence-corrected chi connectivity index (χ2v) is 10.8. The first-order valence-electron chi connectivity index (χ1n) is 12.1. The molecule has 3 aromatic rings. The molecule has 0 fully saturated rings. The first-order chi connectivity index (χ1) is 17.7. The number of hydrogen-bond acceptors (Lipinski definition) is 4. The van der Waals surface area contributed by atoms with E-state index in [1.165, 1.54) is 24.1 Å². The maximum atomic E-state index is 13.9. The third kappa shape index (κ3) is 6.70. The third-order valence-corrected chi connectivity index (χ3v) is 8.18. The standard InChI is InChI=1S/C28H32ClN3O4S/c1-4-22-11-9-10-14-26(22)32(37(35,36)24-12-7-6-8-13-24)20-27(33)31(25(5-2)28(34)30-3)19-21-15-17-23(29)18-16-21/h6-18,25H,4-5,19-20H2,1-3H3,(H,30,34)/t25-/m0/s1. The van der Waals surface area contributed by atoms with Gasteiger partial charge in [0.25, 0.3) is 10.0 Å². The van der Waals surface area contributed by atoms with Gasteiger partial charge < -0.3 is 10.2 Å². The minimum atomic E-state index is -4.08. The molecule has 1 atom stereocenters. The zero-order chi connectivity index (χ0) is 27.0. The Morgan fingerprint density at radius 2 is 1.54 bits per heavy atom. The summed E-state index contributed by atoms with van der Waals surface area (Å²) in [5.41, 5.74) is 1.99. The molecule has 7 nitrogen and oxygen atoms in total. The minimum Gasteiger partial charge on any atom is -0.357 e. The van der Waals surface area contributed by atoms with E-state index in [2.05, 4.69) is 5.32 Å². The van der Waals surface area contributed by atoms with Crippen molar-refractivity contribution in [1.29, 1.82) is 0 Å². The fraction of sp³-hybridized carbons (Fsp3) is 0.286. The molecule has 0 aliphatic heterocycles. The van der Waals surface area contributed by atoms with Gasteiger partial charge in [-0.3, -0.25) is 13.9 Å². The summed E-state index contributed by atoms with van der Waals surface area (Å²) in [6.07, 6.45) is 0.936. The van der Waals surface area contributed by atoms with Crippen molar-refractivity contribution in [2.45, 2.75) is 44.2 Å². The van der Waals surface area contributed by atoms with Crippen molar-refractivity contribution >= 4 is 39.1 Å². The Kier molecular flexibility index (Phi) is 9.72. The molecule has 0 bridgehead atoms. The molecule has 37 heavy (non-hydrogen) atoms. The second-order valence-electron chi connectivity index (χ2n) is 8.49. The summed E-state index contributed by atoms with van der Waals surface area (Å²) in [6.45, 7) is 3.40. The number of amides is 2. The number of hydrogen-bond donors (Lipinski definition) is 1. The molecule has 196 valence electrons. The highest BCUT2D eigenvalue weighted by molar-refractivity contribution is 7.92. The lowest BCUT2D eigenvalue weighted by molar-refractivity contribution is -0.140. The second kappa shape index (κ2) is 12.7. The number of carbonyl (C=O) groups excluding carboxylic acids is 2. The predicted molar refractivity (Wildman–Crippen MR) is 147 cm³/mol. The van der Waals surface area contributed by atoms with E-state index in [0.29, 0.717) is 23.6 Å². The van der Waals surface area contributed by atoms with Gasteiger partial charge in [0, 0.05) is 18.6 Å². The van der Waals surface area contributed by atoms with Crippen LogP contribution in [0, 0.1) is 0 Å². The van der Waals surface area contributed by atoms with Gasteiger partial charge in [-0.15, -0.1) is 0 Å². The molecule has 1 N–H and O–H groups in total. The van der Waals surface area contributed by atoms with Crippen LogP contribution in [0.25, 0.3) is 0 Å². The van der Waals surface area contributed by atoms with Crippen LogP contribution in [0.2, 0.25) is 5.02 Å². The van der Waals surface area contributed by atoms with Gasteiger partial charge in [0.05, 0.1) is 10.6 Å². The minimum absolute atomic E-state index is 0.0799. The summed E-state index contributed by atoms with van der Waals surface area (Å²) in [5.74, 6) is -0.813. The first kappa shape index (κ1) is 28.2. The average Bonchev–Trinajstić information content (AvgIpc) is 2.92. The Bertz CT molecular complexity index is 1310. The van der Waals surface area contributed by atoms with Crippen LogP contribution in [0.4, 0.5) is 5.69 Å². The molecular weight excluding hydrogens is 510 g/mol. The van der Waals surface area contributed by atoms with Crippen LogP contribution in [0.15, 0.2) is 83.8 Å². The smallest absolute Gasteiger partial charge is 0.264 e. The van der Waals surface area contributed by atoms with Crippen molar-refractivity contribution in [3.63, 3.8) is 0 Å². The van der Waals surface area contributed by atoms with Crippen LogP contribution < -0.4 is 9.62 Å². The summed E-state index contributed by atoms with van der Waals surface area (Å²) >= 11 is 6.03. The van der Waals surface area contributed by atoms with Gasteiger partial charge in [0.15, 0.2) is 0 Å². The number of anilines is 1. The van der Waals surface area contributed by atoms with Gasteiger partial charge in [-0.1, -0.05) is 74.0 Å². The summed E-state index contributed by atoms with van der Waals surface area (Å²) in [7, 11) is -2.57. The number of likely N-dealkylation sites (N-methyl/N-ethyl adjacent to an activating group) is 1. The fourth-order valence-corrected chi connectivity index (χ4v) is 5.76. The molecule has 0 aromatic heterocycles. The molecule has 2 amide bonds. The molecular formula is C28H32ClN3O4S. The zero-order valence-corrected chi connectivity index (χ0v) is 22.8. The van der Waals surface area contributed by atoms with Crippen LogP contribution in [0.1, 0.15) is 31.4 Å². The molecule has 0 saturated heterocycles. The molecule has 0 heterocycles. The topological polar surface area (TPSA) is 86.8 Å². The van der Waals surface area contributed by atoms with Crippen molar-refractivity contribution in [2.75, 3.05) is 17.9 Å². The zero-order valence-electron chi connectivity index (χ0n) is 21.2. The number of nitrogens with one attached hydrogen (secondary N) is 1. The highest BCUT2D eigenvalue weighted by atomic mass is 35.5. The van der Waals surface area contributed by atoms with Crippen molar-refractivity contribution < 1.29 is 18.0 Å². The summed E-state index contributed by atoms with van der Waals surface area (Å²) < 4.78 is 28.8. The molecule has 3 rings (SSSR count). The number of nitrogens with zero attached hydrogens (tertiary/aromatic N) is 2. The van der Waals surface area contributed by atoms with Gasteiger partial charge in [-0.2, -0.15) is 0 Å². The largest absolute Gasteiger partial charge is 0.357 e. The SMILES string of the molecule is CCc1ccccc1N(CC(=O)N(Cc1ccc(Cl)cc1)[C@@H](CC)C(=O)NC)S(=O)(=O)c1ccccc1. The molecule has 0 radical (unpaired) electrons. The Morgan fingerprint density at radius 3 is 2.14 bits per heavy atom. The van der Waals surface area contributed by atoms with Crippen LogP contribution in [-0.2, 0) is 32.6 Å². The first-order valence-corrected chi connectivity index (χ1v) is 14.0. The Labute approximate surface area is 224 Å². The molecule has 0 aliphatic carbocycles. The van der Waals surface area contributed by atoms with E-state index in [1.54, 1.807) is 54.6 Å². The highest BCUT2D eigenvalue weighted by Crippen LogP contribution is 2.28. The van der Waals surface area contributed by atoms with Crippen molar-refractivity contribution in [1.82, 2.24) is 10.2 Å². The van der Waals surface area contributed by atoms with E-state index in [4.69, 9.17) is 11.6 Å². The van der Waals surface area contributed by atoms with E-state index in [-0.39, 0.29) is 17.3 Å². The molecule has 0 saturated carbocycles. The van der Waals surface area contributed by atoms with Crippen LogP contribution >= 0.6 is 11.6 Å². The van der Waals surface area contributed by atoms with E-state index in [0.717, 1.165) is 15.4 Å². The van der Waals surface area contributed by atoms with Crippen molar-refractivity contribution in [3.8, 4) is 0 Å². The molecule has 3 aromatic carbocycles. The normalized spacial score (nSPS) is 12.0. The molecule has 0 spiro atoms. The van der Waals surface area contributed by atoms with Crippen LogP contribution in [-0.4, -0.2) is 44.8 Å². The Morgan fingerprint density at radius 1 is 0.919 bits per heavy atom.